The molecule has 0 aliphatic heterocycles. The van der Waals surface area contributed by atoms with E-state index in [4.69, 9.17) is 12.2 Å². The number of hydrazone groups is 1. The molecule has 0 saturated heterocycles. The lowest BCUT2D eigenvalue weighted by Gasteiger charge is -2.07. The van der Waals surface area contributed by atoms with E-state index in [9.17, 15) is 18.5 Å². The second-order valence-electron chi connectivity index (χ2n) is 7.35. The van der Waals surface area contributed by atoms with E-state index in [-0.39, 0.29) is 15.7 Å². The highest BCUT2D eigenvalue weighted by Gasteiger charge is 2.20. The summed E-state index contributed by atoms with van der Waals surface area (Å²) in [5.74, 6) is 0. The van der Waals surface area contributed by atoms with Gasteiger partial charge in [0.25, 0.3) is 15.7 Å². The Kier molecular flexibility index (Phi) is 6.39. The van der Waals surface area contributed by atoms with Crippen LogP contribution >= 0.6 is 12.2 Å². The number of hydrogen-bond donors (Lipinski definition) is 2. The fourth-order valence-corrected chi connectivity index (χ4v) is 4.87. The van der Waals surface area contributed by atoms with Crippen LogP contribution in [0.1, 0.15) is 11.1 Å². The van der Waals surface area contributed by atoms with Crippen molar-refractivity contribution >= 4 is 55.8 Å². The van der Waals surface area contributed by atoms with Gasteiger partial charge in [0.2, 0.25) is 0 Å². The molecule has 0 atom stereocenters. The highest BCUT2D eigenvalue weighted by Crippen LogP contribution is 2.25. The molecule has 0 amide bonds. The van der Waals surface area contributed by atoms with E-state index in [1.807, 2.05) is 13.0 Å². The van der Waals surface area contributed by atoms with Gasteiger partial charge in [-0.1, -0.05) is 42.0 Å². The minimum atomic E-state index is -3.81. The third-order valence-corrected chi connectivity index (χ3v) is 6.85. The summed E-state index contributed by atoms with van der Waals surface area (Å²) in [6, 6.07) is 19.6. The Labute approximate surface area is 200 Å². The number of thiocarbonyl (C=S) groups is 1. The van der Waals surface area contributed by atoms with E-state index in [0.29, 0.717) is 22.2 Å². The standard InChI is InChI=1S/C23H19N5O4S2/c1-16-9-11-20(12-10-16)34(31,32)27-15-17(21-7-2-3-8-22(21)27)14-24-26-23(33)25-18-5-4-6-19(13-18)28(29)30/h2-15H,1H3,(H2,25,26,33)/b24-14+. The van der Waals surface area contributed by atoms with Crippen molar-refractivity contribution in [3.8, 4) is 0 Å². The number of aromatic nitrogens is 1. The molecule has 4 rings (SSSR count). The van der Waals surface area contributed by atoms with Crippen LogP contribution < -0.4 is 10.7 Å². The third kappa shape index (κ3) is 4.80. The van der Waals surface area contributed by atoms with Gasteiger partial charge in [0.15, 0.2) is 5.11 Å². The van der Waals surface area contributed by atoms with E-state index in [1.165, 1.54) is 34.6 Å². The summed E-state index contributed by atoms with van der Waals surface area (Å²) in [5, 5.41) is 18.6. The van der Waals surface area contributed by atoms with E-state index in [0.717, 1.165) is 5.56 Å². The number of nitro groups is 1. The Morgan fingerprint density at radius 1 is 1.09 bits per heavy atom. The number of hydrogen-bond acceptors (Lipinski definition) is 6. The maximum Gasteiger partial charge on any atom is 0.271 e. The van der Waals surface area contributed by atoms with Crippen molar-refractivity contribution in [2.45, 2.75) is 11.8 Å². The molecule has 0 radical (unpaired) electrons. The molecule has 0 saturated carbocycles. The minimum absolute atomic E-state index is 0.0705. The largest absolute Gasteiger partial charge is 0.331 e. The smallest absolute Gasteiger partial charge is 0.271 e. The summed E-state index contributed by atoms with van der Waals surface area (Å²) in [7, 11) is -3.81. The van der Waals surface area contributed by atoms with Crippen molar-refractivity contribution < 1.29 is 13.3 Å². The molecule has 1 aromatic heterocycles. The average Bonchev–Trinajstić information content (AvgIpc) is 3.19. The highest BCUT2D eigenvalue weighted by molar-refractivity contribution is 7.90. The van der Waals surface area contributed by atoms with Gasteiger partial charge in [0.1, 0.15) is 0 Å². The van der Waals surface area contributed by atoms with Gasteiger partial charge >= 0.3 is 0 Å². The summed E-state index contributed by atoms with van der Waals surface area (Å²) < 4.78 is 27.7. The molecule has 0 fully saturated rings. The molecule has 9 nitrogen and oxygen atoms in total. The minimum Gasteiger partial charge on any atom is -0.331 e. The van der Waals surface area contributed by atoms with Crippen LogP contribution in [0.5, 0.6) is 0 Å². The van der Waals surface area contributed by atoms with Crippen LogP contribution in [0.4, 0.5) is 11.4 Å². The number of para-hydroxylation sites is 1. The molecule has 0 spiro atoms. The number of non-ortho nitro benzene ring substituents is 1. The van der Waals surface area contributed by atoms with Crippen LogP contribution in [0, 0.1) is 17.0 Å². The molecule has 4 aromatic rings. The number of nitrogens with zero attached hydrogens (tertiary/aromatic N) is 3. The predicted octanol–water partition coefficient (Wildman–Crippen LogP) is 4.42. The Bertz CT molecular complexity index is 1530. The lowest BCUT2D eigenvalue weighted by atomic mass is 10.2. The van der Waals surface area contributed by atoms with Crippen molar-refractivity contribution in [3.63, 3.8) is 0 Å². The molecule has 172 valence electrons. The number of nitrogens with one attached hydrogen (secondary N) is 2. The molecule has 0 unspecified atom stereocenters. The van der Waals surface area contributed by atoms with Crippen LogP contribution in [-0.4, -0.2) is 28.6 Å². The van der Waals surface area contributed by atoms with Crippen molar-refractivity contribution in [1.82, 2.24) is 9.40 Å². The molecule has 3 aromatic carbocycles. The van der Waals surface area contributed by atoms with E-state index < -0.39 is 14.9 Å². The van der Waals surface area contributed by atoms with Gasteiger partial charge in [0, 0.05) is 35.0 Å². The van der Waals surface area contributed by atoms with E-state index >= 15 is 0 Å². The van der Waals surface area contributed by atoms with Crippen LogP contribution in [0.25, 0.3) is 10.9 Å². The first-order valence-corrected chi connectivity index (χ1v) is 11.9. The molecule has 34 heavy (non-hydrogen) atoms. The van der Waals surface area contributed by atoms with Gasteiger partial charge in [-0.25, -0.2) is 12.4 Å². The van der Waals surface area contributed by atoms with Crippen molar-refractivity contribution in [2.75, 3.05) is 5.32 Å². The maximum atomic E-state index is 13.3. The van der Waals surface area contributed by atoms with Gasteiger partial charge in [-0.15, -0.1) is 0 Å². The SMILES string of the molecule is Cc1ccc(S(=O)(=O)n2cc(/C=N/NC(=S)Nc3cccc([N+](=O)[O-])c3)c3ccccc32)cc1. The van der Waals surface area contributed by atoms with E-state index in [2.05, 4.69) is 15.8 Å². The maximum absolute atomic E-state index is 13.3. The summed E-state index contributed by atoms with van der Waals surface area (Å²) in [6.07, 6.45) is 2.97. The topological polar surface area (TPSA) is 119 Å². The zero-order chi connectivity index (χ0) is 24.3. The van der Waals surface area contributed by atoms with E-state index in [1.54, 1.807) is 48.5 Å². The van der Waals surface area contributed by atoms with Gasteiger partial charge < -0.3 is 5.32 Å². The van der Waals surface area contributed by atoms with Crippen LogP contribution in [-0.2, 0) is 10.0 Å². The molecule has 0 aliphatic rings. The number of aryl methyl sites for hydroxylation is 1. The summed E-state index contributed by atoms with van der Waals surface area (Å²) >= 11 is 5.19. The number of nitro benzene ring substituents is 1. The predicted molar refractivity (Wildman–Crippen MR) is 136 cm³/mol. The Morgan fingerprint density at radius 2 is 1.82 bits per heavy atom. The second kappa shape index (κ2) is 9.41. The lowest BCUT2D eigenvalue weighted by molar-refractivity contribution is -0.384. The summed E-state index contributed by atoms with van der Waals surface area (Å²) in [4.78, 5) is 10.6. The molecule has 0 aliphatic carbocycles. The zero-order valence-electron chi connectivity index (χ0n) is 17.9. The number of anilines is 1. The Morgan fingerprint density at radius 3 is 2.56 bits per heavy atom. The normalized spacial score (nSPS) is 11.6. The molecular formula is C23H19N5O4S2. The van der Waals surface area contributed by atoms with Gasteiger partial charge in [-0.3, -0.25) is 15.5 Å². The van der Waals surface area contributed by atoms with Crippen LogP contribution in [0.2, 0.25) is 0 Å². The monoisotopic (exact) mass is 493 g/mol. The molecular weight excluding hydrogens is 474 g/mol. The molecule has 2 N–H and O–H groups in total. The number of rotatable bonds is 6. The Balaban J connectivity index is 1.57. The quantitative estimate of drug-likeness (QED) is 0.177. The molecule has 11 heteroatoms. The first-order valence-electron chi connectivity index (χ1n) is 10.0. The fraction of sp³-hybridized carbons (Fsp3) is 0.0435. The highest BCUT2D eigenvalue weighted by atomic mass is 32.2. The molecule has 1 heterocycles. The van der Waals surface area contributed by atoms with Crippen LogP contribution in [0.15, 0.2) is 89.0 Å². The Hall–Kier alpha value is -4.09. The fourth-order valence-electron chi connectivity index (χ4n) is 3.32. The van der Waals surface area contributed by atoms with Gasteiger partial charge in [-0.05, 0) is 43.4 Å². The summed E-state index contributed by atoms with van der Waals surface area (Å²) in [5.41, 5.74) is 5.05. The number of fused-ring (bicyclic) bond motifs is 1. The summed E-state index contributed by atoms with van der Waals surface area (Å²) in [6.45, 7) is 1.89. The van der Waals surface area contributed by atoms with Crippen molar-refractivity contribution in [2.24, 2.45) is 5.10 Å². The van der Waals surface area contributed by atoms with Gasteiger partial charge in [0.05, 0.1) is 21.6 Å². The lowest BCUT2D eigenvalue weighted by Crippen LogP contribution is -2.23. The first kappa shape index (κ1) is 23.1. The van der Waals surface area contributed by atoms with Gasteiger partial charge in [-0.2, -0.15) is 5.10 Å². The zero-order valence-corrected chi connectivity index (χ0v) is 19.5. The first-order chi connectivity index (χ1) is 16.3. The number of benzene rings is 3. The third-order valence-electron chi connectivity index (χ3n) is 4.97. The molecule has 0 bridgehead atoms. The van der Waals surface area contributed by atoms with Crippen LogP contribution in [0.3, 0.4) is 0 Å². The second-order valence-corrected chi connectivity index (χ2v) is 9.57. The van der Waals surface area contributed by atoms with Crippen molar-refractivity contribution in [3.05, 3.63) is 100 Å². The van der Waals surface area contributed by atoms with Crippen molar-refractivity contribution in [1.29, 1.82) is 0 Å². The average molecular weight is 494 g/mol.